The number of hydrogen-bond donors (Lipinski definition) is 2. The van der Waals surface area contributed by atoms with Crippen LogP contribution in [0.25, 0.3) is 0 Å². The topological polar surface area (TPSA) is 66.9 Å². The largest absolute Gasteiger partial charge is 0.350 e. The van der Waals surface area contributed by atoms with E-state index >= 15 is 0 Å². The molecule has 1 aromatic heterocycles. The molecule has 0 aliphatic rings. The second-order valence-electron chi connectivity index (χ2n) is 6.25. The van der Waals surface area contributed by atoms with Crippen LogP contribution in [-0.4, -0.2) is 21.4 Å². The minimum atomic E-state index is -0.212. The van der Waals surface area contributed by atoms with E-state index in [1.807, 2.05) is 58.0 Å². The van der Waals surface area contributed by atoms with Gasteiger partial charge in [0.25, 0.3) is 5.91 Å². The van der Waals surface area contributed by atoms with E-state index in [4.69, 9.17) is 0 Å². The van der Waals surface area contributed by atoms with E-state index in [1.54, 1.807) is 12.3 Å². The first kappa shape index (κ1) is 15.9. The van der Waals surface area contributed by atoms with Gasteiger partial charge < -0.3 is 10.6 Å². The molecule has 1 heterocycles. The molecule has 2 aromatic rings. The fourth-order valence-corrected chi connectivity index (χ4v) is 1.98. The molecule has 22 heavy (non-hydrogen) atoms. The van der Waals surface area contributed by atoms with Crippen LogP contribution >= 0.6 is 0 Å². The number of anilines is 1. The molecule has 0 aliphatic heterocycles. The van der Waals surface area contributed by atoms with Gasteiger partial charge in [0.15, 0.2) is 0 Å². The molecule has 5 heteroatoms. The lowest BCUT2D eigenvalue weighted by Crippen LogP contribution is -2.30. The van der Waals surface area contributed by atoms with E-state index in [1.165, 1.54) is 0 Å². The number of aromatic nitrogens is 2. The third-order valence-electron chi connectivity index (χ3n) is 3.02. The normalized spacial score (nSPS) is 12.5. The first-order chi connectivity index (χ1) is 10.3. The summed E-state index contributed by atoms with van der Waals surface area (Å²) < 4.78 is 0. The van der Waals surface area contributed by atoms with E-state index in [2.05, 4.69) is 20.6 Å². The molecule has 1 atom stereocenters. The summed E-state index contributed by atoms with van der Waals surface area (Å²) in [6.07, 6.45) is 1.59. The Balaban J connectivity index is 2.08. The van der Waals surface area contributed by atoms with Crippen molar-refractivity contribution in [3.05, 3.63) is 53.9 Å². The summed E-state index contributed by atoms with van der Waals surface area (Å²) in [6, 6.07) is 11.4. The molecule has 0 aliphatic carbocycles. The van der Waals surface area contributed by atoms with Crippen LogP contribution in [0.5, 0.6) is 0 Å². The Morgan fingerprint density at radius 1 is 1.14 bits per heavy atom. The van der Waals surface area contributed by atoms with Crippen molar-refractivity contribution in [2.45, 2.75) is 39.3 Å². The Bertz CT molecular complexity index is 635. The van der Waals surface area contributed by atoms with Crippen molar-refractivity contribution in [2.24, 2.45) is 0 Å². The molecule has 0 fully saturated rings. The van der Waals surface area contributed by atoms with E-state index in [0.29, 0.717) is 11.6 Å². The molecule has 0 radical (unpaired) electrons. The molecule has 1 aromatic carbocycles. The van der Waals surface area contributed by atoms with E-state index in [9.17, 15) is 4.79 Å². The smallest absolute Gasteiger partial charge is 0.270 e. The summed E-state index contributed by atoms with van der Waals surface area (Å²) in [5, 5.41) is 6.10. The van der Waals surface area contributed by atoms with Crippen molar-refractivity contribution >= 4 is 11.9 Å². The number of carbonyl (C=O) groups excluding carboxylic acids is 1. The molecule has 2 rings (SSSR count). The molecule has 0 bridgehead atoms. The highest BCUT2D eigenvalue weighted by Gasteiger charge is 2.15. The van der Waals surface area contributed by atoms with Crippen LogP contribution in [0.1, 0.15) is 49.8 Å². The van der Waals surface area contributed by atoms with Crippen molar-refractivity contribution in [2.75, 3.05) is 5.32 Å². The van der Waals surface area contributed by atoms with Gasteiger partial charge in [-0.25, -0.2) is 9.97 Å². The highest BCUT2D eigenvalue weighted by Crippen LogP contribution is 2.13. The first-order valence-corrected chi connectivity index (χ1v) is 7.32. The highest BCUT2D eigenvalue weighted by atomic mass is 16.1. The van der Waals surface area contributed by atoms with Gasteiger partial charge >= 0.3 is 0 Å². The van der Waals surface area contributed by atoms with Gasteiger partial charge in [0.05, 0.1) is 6.04 Å². The predicted molar refractivity (Wildman–Crippen MR) is 87.7 cm³/mol. The molecule has 1 unspecified atom stereocenters. The van der Waals surface area contributed by atoms with Crippen molar-refractivity contribution in [1.29, 1.82) is 0 Å². The number of carbonyl (C=O) groups is 1. The molecule has 116 valence electrons. The average Bonchev–Trinajstić information content (AvgIpc) is 2.46. The molecular weight excluding hydrogens is 276 g/mol. The number of rotatable bonds is 4. The third kappa shape index (κ3) is 4.55. The number of benzene rings is 1. The Hall–Kier alpha value is -2.43. The fraction of sp³-hybridized carbons (Fsp3) is 0.353. The molecule has 0 spiro atoms. The average molecular weight is 298 g/mol. The van der Waals surface area contributed by atoms with Crippen LogP contribution in [0.2, 0.25) is 0 Å². The Labute approximate surface area is 131 Å². The van der Waals surface area contributed by atoms with Crippen molar-refractivity contribution in [3.63, 3.8) is 0 Å². The zero-order chi connectivity index (χ0) is 16.2. The lowest BCUT2D eigenvalue weighted by Gasteiger charge is -2.20. The van der Waals surface area contributed by atoms with Crippen LogP contribution in [-0.2, 0) is 0 Å². The van der Waals surface area contributed by atoms with Gasteiger partial charge in [-0.2, -0.15) is 0 Å². The number of nitrogens with zero attached hydrogens (tertiary/aromatic N) is 2. The van der Waals surface area contributed by atoms with Gasteiger partial charge in [-0.1, -0.05) is 30.3 Å². The summed E-state index contributed by atoms with van der Waals surface area (Å²) in [5.74, 6) is 0.239. The summed E-state index contributed by atoms with van der Waals surface area (Å²) >= 11 is 0. The van der Waals surface area contributed by atoms with Crippen molar-refractivity contribution in [3.8, 4) is 0 Å². The van der Waals surface area contributed by atoms with Crippen LogP contribution in [0, 0.1) is 0 Å². The van der Waals surface area contributed by atoms with Gasteiger partial charge in [-0.3, -0.25) is 4.79 Å². The SMILES string of the molecule is CC(NC(=O)c1ccnc(NC(C)(C)C)n1)c1ccccc1. The quantitative estimate of drug-likeness (QED) is 0.909. The van der Waals surface area contributed by atoms with Crippen molar-refractivity contribution < 1.29 is 4.79 Å². The number of hydrogen-bond acceptors (Lipinski definition) is 4. The Kier molecular flexibility index (Phi) is 4.75. The highest BCUT2D eigenvalue weighted by molar-refractivity contribution is 5.92. The molecule has 0 saturated heterocycles. The minimum Gasteiger partial charge on any atom is -0.350 e. The lowest BCUT2D eigenvalue weighted by molar-refractivity contribution is 0.0934. The van der Waals surface area contributed by atoms with E-state index < -0.39 is 0 Å². The summed E-state index contributed by atoms with van der Waals surface area (Å²) in [4.78, 5) is 20.7. The number of amides is 1. The van der Waals surface area contributed by atoms with Crippen LogP contribution in [0.4, 0.5) is 5.95 Å². The number of nitrogens with one attached hydrogen (secondary N) is 2. The lowest BCUT2D eigenvalue weighted by atomic mass is 10.1. The van der Waals surface area contributed by atoms with Crippen LogP contribution in [0.15, 0.2) is 42.6 Å². The van der Waals surface area contributed by atoms with Gasteiger partial charge in [0, 0.05) is 11.7 Å². The zero-order valence-corrected chi connectivity index (χ0v) is 13.4. The molecular formula is C17H22N4O. The van der Waals surface area contributed by atoms with Crippen molar-refractivity contribution in [1.82, 2.24) is 15.3 Å². The minimum absolute atomic E-state index is 0.0808. The van der Waals surface area contributed by atoms with Gasteiger partial charge in [0.2, 0.25) is 5.95 Å². The summed E-state index contributed by atoms with van der Waals surface area (Å²) in [6.45, 7) is 7.99. The maximum absolute atomic E-state index is 12.3. The second kappa shape index (κ2) is 6.56. The zero-order valence-electron chi connectivity index (χ0n) is 13.4. The standard InChI is InChI=1S/C17H22N4O/c1-12(13-8-6-5-7-9-13)19-15(22)14-10-11-18-16(20-14)21-17(2,3)4/h5-12H,1-4H3,(H,19,22)(H,18,20,21). The summed E-state index contributed by atoms with van der Waals surface area (Å²) in [7, 11) is 0. The van der Waals surface area contributed by atoms with Gasteiger partial charge in [0.1, 0.15) is 5.69 Å². The molecule has 1 amide bonds. The van der Waals surface area contributed by atoms with Crippen LogP contribution < -0.4 is 10.6 Å². The molecule has 2 N–H and O–H groups in total. The molecule has 0 saturated carbocycles. The maximum Gasteiger partial charge on any atom is 0.270 e. The fourth-order valence-electron chi connectivity index (χ4n) is 1.98. The van der Waals surface area contributed by atoms with Crippen LogP contribution in [0.3, 0.4) is 0 Å². The Morgan fingerprint density at radius 3 is 2.45 bits per heavy atom. The van der Waals surface area contributed by atoms with Gasteiger partial charge in [-0.15, -0.1) is 0 Å². The van der Waals surface area contributed by atoms with E-state index in [-0.39, 0.29) is 17.5 Å². The molecule has 5 nitrogen and oxygen atoms in total. The monoisotopic (exact) mass is 298 g/mol. The van der Waals surface area contributed by atoms with E-state index in [0.717, 1.165) is 5.56 Å². The Morgan fingerprint density at radius 2 is 1.82 bits per heavy atom. The predicted octanol–water partition coefficient (Wildman–Crippen LogP) is 3.18. The third-order valence-corrected chi connectivity index (χ3v) is 3.02. The maximum atomic E-state index is 12.3. The van der Waals surface area contributed by atoms with Gasteiger partial charge in [-0.05, 0) is 39.3 Å². The summed E-state index contributed by atoms with van der Waals surface area (Å²) in [5.41, 5.74) is 1.24. The first-order valence-electron chi connectivity index (χ1n) is 7.32. The second-order valence-corrected chi connectivity index (χ2v) is 6.25.